The van der Waals surface area contributed by atoms with Gasteiger partial charge < -0.3 is 14.8 Å². The maximum absolute atomic E-state index is 13.9. The monoisotopic (exact) mass is 549 g/mol. The fraction of sp³-hybridized carbons (Fsp3) is 0.345. The van der Waals surface area contributed by atoms with Crippen molar-refractivity contribution in [2.45, 2.75) is 51.1 Å². The predicted molar refractivity (Wildman–Crippen MR) is 153 cm³/mol. The number of ether oxygens (including phenoxy) is 2. The first kappa shape index (κ1) is 26.5. The molecule has 9 heteroatoms. The van der Waals surface area contributed by atoms with Gasteiger partial charge in [-0.2, -0.15) is 0 Å². The van der Waals surface area contributed by atoms with Crippen LogP contribution in [0.1, 0.15) is 29.9 Å². The van der Waals surface area contributed by atoms with Crippen LogP contribution in [0.5, 0.6) is 5.75 Å². The Morgan fingerprint density at radius 2 is 1.97 bits per heavy atom. The molecular weight excluding hydrogens is 518 g/mol. The minimum absolute atomic E-state index is 0.0362. The highest BCUT2D eigenvalue weighted by Gasteiger charge is 2.28. The Kier molecular flexibility index (Phi) is 8.16. The van der Waals surface area contributed by atoms with Crippen LogP contribution in [0.4, 0.5) is 5.69 Å². The normalized spacial score (nSPS) is 15.0. The summed E-state index contributed by atoms with van der Waals surface area (Å²) in [5.41, 5.74) is 2.88. The van der Waals surface area contributed by atoms with Crippen molar-refractivity contribution in [3.05, 3.63) is 81.0 Å². The van der Waals surface area contributed by atoms with Crippen molar-refractivity contribution in [3.8, 4) is 5.75 Å². The second-order valence-corrected chi connectivity index (χ2v) is 11.7. The number of rotatable bonds is 9. The van der Waals surface area contributed by atoms with Gasteiger partial charge in [0.15, 0.2) is 5.16 Å². The highest BCUT2D eigenvalue weighted by Crippen LogP contribution is 2.36. The number of carbonyl (C=O) groups excluding carboxylic acids is 1. The lowest BCUT2D eigenvalue weighted by Crippen LogP contribution is -2.29. The number of hydrogen-bond acceptors (Lipinski definition) is 7. The van der Waals surface area contributed by atoms with Gasteiger partial charge in [-0.15, -0.1) is 11.3 Å². The predicted octanol–water partition coefficient (Wildman–Crippen LogP) is 5.54. The lowest BCUT2D eigenvalue weighted by atomic mass is 9.96. The number of methoxy groups -OCH3 is 1. The van der Waals surface area contributed by atoms with Crippen LogP contribution < -0.4 is 15.6 Å². The van der Waals surface area contributed by atoms with Gasteiger partial charge in [-0.25, -0.2) is 4.98 Å². The van der Waals surface area contributed by atoms with Crippen LogP contribution in [0.25, 0.3) is 10.2 Å². The topological polar surface area (TPSA) is 82.5 Å². The van der Waals surface area contributed by atoms with E-state index in [1.54, 1.807) is 35.9 Å². The minimum Gasteiger partial charge on any atom is -0.497 e. The zero-order chi connectivity index (χ0) is 26.6. The van der Waals surface area contributed by atoms with Crippen molar-refractivity contribution >= 4 is 44.9 Å². The number of nitrogens with one attached hydrogen (secondary N) is 1. The van der Waals surface area contributed by atoms with Crippen molar-refractivity contribution in [3.63, 3.8) is 0 Å². The van der Waals surface area contributed by atoms with Gasteiger partial charge in [0, 0.05) is 23.5 Å². The van der Waals surface area contributed by atoms with E-state index in [1.165, 1.54) is 23.1 Å². The number of thiophene rings is 1. The molecule has 38 heavy (non-hydrogen) atoms. The molecule has 1 amide bonds. The molecule has 1 atom stereocenters. The van der Waals surface area contributed by atoms with E-state index in [0.717, 1.165) is 33.0 Å². The third kappa shape index (κ3) is 5.80. The molecular formula is C29H31N3O4S2. The van der Waals surface area contributed by atoms with Gasteiger partial charge in [0.2, 0.25) is 5.91 Å². The number of aromatic nitrogens is 2. The molecule has 0 saturated heterocycles. The molecule has 1 aliphatic rings. The average Bonchev–Trinajstić information content (AvgIpc) is 3.30. The molecule has 0 spiro atoms. The average molecular weight is 550 g/mol. The highest BCUT2D eigenvalue weighted by molar-refractivity contribution is 7.99. The Morgan fingerprint density at radius 1 is 1.21 bits per heavy atom. The summed E-state index contributed by atoms with van der Waals surface area (Å²) in [6.07, 6.45) is 1.51. The summed E-state index contributed by atoms with van der Waals surface area (Å²) in [5.74, 6) is 1.06. The standard InChI is InChI=1S/C29H31N3O4S2/c1-18(2)23-15-22-24(16-36-23)38-27-26(22)28(34)32(14-13-19-7-5-4-6-8-19)29(31-27)37-17-25(33)30-20-9-11-21(35-3)12-10-20/h4-12,18,23H,13-17H2,1-3H3,(H,30,33). The molecule has 1 unspecified atom stereocenters. The lowest BCUT2D eigenvalue weighted by Gasteiger charge is -2.26. The van der Waals surface area contributed by atoms with Crippen molar-refractivity contribution in [2.75, 3.05) is 18.2 Å². The molecule has 0 fully saturated rings. The summed E-state index contributed by atoms with van der Waals surface area (Å²) < 4.78 is 13.0. The van der Waals surface area contributed by atoms with E-state index in [1.807, 2.05) is 18.2 Å². The largest absolute Gasteiger partial charge is 0.497 e. The van der Waals surface area contributed by atoms with E-state index in [0.29, 0.717) is 41.7 Å². The molecule has 1 N–H and O–H groups in total. The summed E-state index contributed by atoms with van der Waals surface area (Å²) in [6.45, 7) is 5.29. The van der Waals surface area contributed by atoms with Gasteiger partial charge in [-0.3, -0.25) is 14.2 Å². The van der Waals surface area contributed by atoms with Crippen LogP contribution in [0.2, 0.25) is 0 Å². The van der Waals surface area contributed by atoms with Gasteiger partial charge in [0.25, 0.3) is 5.56 Å². The zero-order valence-electron chi connectivity index (χ0n) is 21.7. The highest BCUT2D eigenvalue weighted by atomic mass is 32.2. The van der Waals surface area contributed by atoms with Gasteiger partial charge in [0.1, 0.15) is 10.6 Å². The number of thioether (sulfide) groups is 1. The Labute approximate surface area is 230 Å². The first-order valence-electron chi connectivity index (χ1n) is 12.7. The number of carbonyl (C=O) groups is 1. The molecule has 0 saturated carbocycles. The molecule has 7 nitrogen and oxygen atoms in total. The smallest absolute Gasteiger partial charge is 0.263 e. The Hall–Kier alpha value is -3.14. The maximum atomic E-state index is 13.9. The summed E-state index contributed by atoms with van der Waals surface area (Å²) in [7, 11) is 1.60. The number of anilines is 1. The molecule has 2 aromatic carbocycles. The van der Waals surface area contributed by atoms with Crippen molar-refractivity contribution in [1.29, 1.82) is 0 Å². The van der Waals surface area contributed by atoms with Gasteiger partial charge in [-0.05, 0) is 47.7 Å². The van der Waals surface area contributed by atoms with E-state index >= 15 is 0 Å². The number of benzene rings is 2. The van der Waals surface area contributed by atoms with E-state index in [2.05, 4.69) is 31.3 Å². The number of aryl methyl sites for hydroxylation is 1. The Bertz CT molecular complexity index is 1480. The summed E-state index contributed by atoms with van der Waals surface area (Å²) in [5, 5.41) is 4.17. The zero-order valence-corrected chi connectivity index (χ0v) is 23.4. The van der Waals surface area contributed by atoms with E-state index in [-0.39, 0.29) is 23.3 Å². The molecule has 0 bridgehead atoms. The molecule has 0 aliphatic carbocycles. The van der Waals surface area contributed by atoms with E-state index in [4.69, 9.17) is 14.5 Å². The SMILES string of the molecule is COc1ccc(NC(=O)CSc2nc3sc4c(c3c(=O)n2CCc2ccccc2)CC(C(C)C)OC4)cc1. The second-order valence-electron chi connectivity index (χ2n) is 9.63. The second kappa shape index (κ2) is 11.7. The summed E-state index contributed by atoms with van der Waals surface area (Å²) in [6, 6.07) is 17.3. The maximum Gasteiger partial charge on any atom is 0.263 e. The fourth-order valence-electron chi connectivity index (χ4n) is 4.56. The fourth-order valence-corrected chi connectivity index (χ4v) is 6.55. The summed E-state index contributed by atoms with van der Waals surface area (Å²) >= 11 is 2.82. The summed E-state index contributed by atoms with van der Waals surface area (Å²) in [4.78, 5) is 33.4. The first-order chi connectivity index (χ1) is 18.4. The minimum atomic E-state index is -0.164. The van der Waals surface area contributed by atoms with Crippen molar-refractivity contribution in [2.24, 2.45) is 5.92 Å². The van der Waals surface area contributed by atoms with Crippen molar-refractivity contribution in [1.82, 2.24) is 9.55 Å². The molecule has 0 radical (unpaired) electrons. The molecule has 198 valence electrons. The molecule has 5 rings (SSSR count). The first-order valence-corrected chi connectivity index (χ1v) is 14.5. The van der Waals surface area contributed by atoms with Crippen LogP contribution in [0.15, 0.2) is 64.5 Å². The molecule has 2 aromatic heterocycles. The van der Waals surface area contributed by atoms with Crippen LogP contribution in [0, 0.1) is 5.92 Å². The van der Waals surface area contributed by atoms with Gasteiger partial charge in [0.05, 0.1) is 31.0 Å². The van der Waals surface area contributed by atoms with Crippen LogP contribution in [0.3, 0.4) is 0 Å². The van der Waals surface area contributed by atoms with Gasteiger partial charge in [-0.1, -0.05) is 55.9 Å². The third-order valence-corrected chi connectivity index (χ3v) is 8.79. The molecule has 1 aliphatic heterocycles. The van der Waals surface area contributed by atoms with E-state index in [9.17, 15) is 9.59 Å². The lowest BCUT2D eigenvalue weighted by molar-refractivity contribution is -0.113. The van der Waals surface area contributed by atoms with E-state index < -0.39 is 0 Å². The number of amides is 1. The van der Waals surface area contributed by atoms with Crippen LogP contribution in [-0.2, 0) is 35.5 Å². The Morgan fingerprint density at radius 3 is 2.68 bits per heavy atom. The number of hydrogen-bond donors (Lipinski definition) is 1. The van der Waals surface area contributed by atoms with Crippen LogP contribution in [-0.4, -0.2) is 34.4 Å². The molecule has 4 aromatic rings. The third-order valence-electron chi connectivity index (χ3n) is 6.71. The van der Waals surface area contributed by atoms with Gasteiger partial charge >= 0.3 is 0 Å². The number of nitrogens with zero attached hydrogens (tertiary/aromatic N) is 2. The Balaban J connectivity index is 1.43. The quantitative estimate of drug-likeness (QED) is 0.218. The van der Waals surface area contributed by atoms with Crippen LogP contribution >= 0.6 is 23.1 Å². The molecule has 3 heterocycles. The van der Waals surface area contributed by atoms with Crippen molar-refractivity contribution < 1.29 is 14.3 Å². The number of fused-ring (bicyclic) bond motifs is 3.